The second kappa shape index (κ2) is 6.25. The van der Waals surface area contributed by atoms with Crippen molar-refractivity contribution in [2.45, 2.75) is 26.9 Å². The maximum Gasteiger partial charge on any atom is 0.260 e. The highest BCUT2D eigenvalue weighted by molar-refractivity contribution is 5.80. The Kier molecular flexibility index (Phi) is 4.97. The van der Waals surface area contributed by atoms with Gasteiger partial charge in [-0.2, -0.15) is 0 Å². The van der Waals surface area contributed by atoms with Crippen molar-refractivity contribution in [3.05, 3.63) is 29.3 Å². The first kappa shape index (κ1) is 13.5. The third-order valence-electron chi connectivity index (χ3n) is 2.45. The topological polar surface area (TPSA) is 64.3 Å². The summed E-state index contributed by atoms with van der Waals surface area (Å²) in [6.45, 7) is 6.62. The fourth-order valence-electron chi connectivity index (χ4n) is 1.51. The van der Waals surface area contributed by atoms with Crippen molar-refractivity contribution in [3.8, 4) is 5.75 Å². The number of ether oxygens (including phenoxy) is 1. The van der Waals surface area contributed by atoms with Gasteiger partial charge in [0.05, 0.1) is 0 Å². The molecule has 0 aliphatic heterocycles. The largest absolute Gasteiger partial charge is 0.481 e. The molecule has 17 heavy (non-hydrogen) atoms. The van der Waals surface area contributed by atoms with E-state index < -0.39 is 6.10 Å². The van der Waals surface area contributed by atoms with Crippen molar-refractivity contribution in [1.82, 2.24) is 5.32 Å². The van der Waals surface area contributed by atoms with Crippen LogP contribution in [0.3, 0.4) is 0 Å². The van der Waals surface area contributed by atoms with Crippen LogP contribution in [0.5, 0.6) is 5.75 Å². The van der Waals surface area contributed by atoms with Crippen LogP contribution in [0.2, 0.25) is 0 Å². The summed E-state index contributed by atoms with van der Waals surface area (Å²) in [7, 11) is 0. The molecule has 0 heterocycles. The average Bonchev–Trinajstić information content (AvgIpc) is 2.29. The van der Waals surface area contributed by atoms with Gasteiger partial charge in [0.15, 0.2) is 6.10 Å². The van der Waals surface area contributed by atoms with Crippen molar-refractivity contribution in [1.29, 1.82) is 0 Å². The Morgan fingerprint density at radius 1 is 1.47 bits per heavy atom. The molecule has 0 bridgehead atoms. The lowest BCUT2D eigenvalue weighted by Crippen LogP contribution is -2.38. The molecule has 0 saturated heterocycles. The summed E-state index contributed by atoms with van der Waals surface area (Å²) in [6.07, 6.45) is -0.511. The first-order valence-corrected chi connectivity index (χ1v) is 5.76. The molecule has 0 aromatic heterocycles. The summed E-state index contributed by atoms with van der Waals surface area (Å²) in [4.78, 5) is 11.6. The number of hydrogen-bond donors (Lipinski definition) is 2. The zero-order chi connectivity index (χ0) is 12.8. The van der Waals surface area contributed by atoms with E-state index in [9.17, 15) is 4.79 Å². The molecule has 1 aromatic carbocycles. The molecule has 94 valence electrons. The Morgan fingerprint density at radius 2 is 2.18 bits per heavy atom. The molecule has 3 N–H and O–H groups in total. The molecule has 0 radical (unpaired) electrons. The van der Waals surface area contributed by atoms with Crippen molar-refractivity contribution in [3.63, 3.8) is 0 Å². The normalized spacial score (nSPS) is 12.0. The summed E-state index contributed by atoms with van der Waals surface area (Å²) in [6, 6.07) is 5.88. The number of nitrogens with two attached hydrogens (primary N) is 1. The number of carbonyl (C=O) groups excluding carboxylic acids is 1. The van der Waals surface area contributed by atoms with Gasteiger partial charge in [-0.1, -0.05) is 17.7 Å². The summed E-state index contributed by atoms with van der Waals surface area (Å²) < 4.78 is 5.61. The highest BCUT2D eigenvalue weighted by Crippen LogP contribution is 2.19. The molecule has 0 aliphatic carbocycles. The maximum absolute atomic E-state index is 11.6. The number of rotatable bonds is 5. The minimum Gasteiger partial charge on any atom is -0.481 e. The Balaban J connectivity index is 2.61. The Labute approximate surface area is 102 Å². The van der Waals surface area contributed by atoms with Crippen molar-refractivity contribution < 1.29 is 9.53 Å². The highest BCUT2D eigenvalue weighted by Gasteiger charge is 2.14. The monoisotopic (exact) mass is 236 g/mol. The van der Waals surface area contributed by atoms with Crippen LogP contribution in [0.1, 0.15) is 18.1 Å². The van der Waals surface area contributed by atoms with Crippen LogP contribution in [0, 0.1) is 13.8 Å². The van der Waals surface area contributed by atoms with E-state index >= 15 is 0 Å². The summed E-state index contributed by atoms with van der Waals surface area (Å²) in [5, 5.41) is 2.69. The molecule has 0 saturated carbocycles. The standard InChI is InChI=1S/C13H20N2O2/c1-9-4-5-12(10(2)8-9)17-11(3)13(16)15-7-6-14/h4-5,8,11H,6-7,14H2,1-3H3,(H,15,16). The van der Waals surface area contributed by atoms with Gasteiger partial charge in [0.2, 0.25) is 0 Å². The van der Waals surface area contributed by atoms with Crippen LogP contribution >= 0.6 is 0 Å². The van der Waals surface area contributed by atoms with E-state index in [1.807, 2.05) is 32.0 Å². The average molecular weight is 236 g/mol. The molecule has 1 atom stereocenters. The summed E-state index contributed by atoms with van der Waals surface area (Å²) >= 11 is 0. The number of nitrogens with one attached hydrogen (secondary N) is 1. The van der Waals surface area contributed by atoms with E-state index in [1.54, 1.807) is 6.92 Å². The van der Waals surface area contributed by atoms with E-state index in [-0.39, 0.29) is 5.91 Å². The lowest BCUT2D eigenvalue weighted by atomic mass is 10.1. The minimum absolute atomic E-state index is 0.143. The Hall–Kier alpha value is -1.55. The Bertz CT molecular complexity index is 391. The van der Waals surface area contributed by atoms with Crippen LogP contribution in [0.25, 0.3) is 0 Å². The third-order valence-corrected chi connectivity index (χ3v) is 2.45. The van der Waals surface area contributed by atoms with E-state index in [1.165, 1.54) is 5.56 Å². The molecular weight excluding hydrogens is 216 g/mol. The number of aryl methyl sites for hydroxylation is 2. The van der Waals surface area contributed by atoms with Gasteiger partial charge in [-0.05, 0) is 32.4 Å². The fourth-order valence-corrected chi connectivity index (χ4v) is 1.51. The van der Waals surface area contributed by atoms with Gasteiger partial charge in [0.25, 0.3) is 5.91 Å². The summed E-state index contributed by atoms with van der Waals surface area (Å²) in [5.74, 6) is 0.599. The van der Waals surface area contributed by atoms with Gasteiger partial charge in [-0.25, -0.2) is 0 Å². The highest BCUT2D eigenvalue weighted by atomic mass is 16.5. The molecule has 4 nitrogen and oxygen atoms in total. The number of amides is 1. The van der Waals surface area contributed by atoms with Gasteiger partial charge >= 0.3 is 0 Å². The molecule has 1 unspecified atom stereocenters. The van der Waals surface area contributed by atoms with Crippen molar-refractivity contribution in [2.24, 2.45) is 5.73 Å². The predicted molar refractivity (Wildman–Crippen MR) is 68.1 cm³/mol. The zero-order valence-corrected chi connectivity index (χ0v) is 10.6. The van der Waals surface area contributed by atoms with Crippen LogP contribution in [-0.2, 0) is 4.79 Å². The van der Waals surface area contributed by atoms with E-state index in [0.717, 1.165) is 11.3 Å². The maximum atomic E-state index is 11.6. The lowest BCUT2D eigenvalue weighted by molar-refractivity contribution is -0.127. The molecule has 1 aromatic rings. The Morgan fingerprint density at radius 3 is 2.76 bits per heavy atom. The second-order valence-corrected chi connectivity index (χ2v) is 4.11. The molecule has 4 heteroatoms. The number of carbonyl (C=O) groups is 1. The van der Waals surface area contributed by atoms with Gasteiger partial charge in [-0.3, -0.25) is 4.79 Å². The molecule has 0 spiro atoms. The smallest absolute Gasteiger partial charge is 0.260 e. The van der Waals surface area contributed by atoms with Crippen LogP contribution in [0.15, 0.2) is 18.2 Å². The SMILES string of the molecule is Cc1ccc(OC(C)C(=O)NCCN)c(C)c1. The summed E-state index contributed by atoms with van der Waals surface area (Å²) in [5.41, 5.74) is 7.52. The molecule has 0 fully saturated rings. The first-order chi connectivity index (χ1) is 8.04. The molecule has 0 aliphatic rings. The van der Waals surface area contributed by atoms with Crippen LogP contribution in [-0.4, -0.2) is 25.1 Å². The molecule has 1 amide bonds. The predicted octanol–water partition coefficient (Wildman–Crippen LogP) is 1.15. The van der Waals surface area contributed by atoms with Crippen LogP contribution in [0.4, 0.5) is 0 Å². The van der Waals surface area contributed by atoms with Gasteiger partial charge in [0.1, 0.15) is 5.75 Å². The van der Waals surface area contributed by atoms with Crippen molar-refractivity contribution in [2.75, 3.05) is 13.1 Å². The molecule has 1 rings (SSSR count). The third kappa shape index (κ3) is 4.07. The van der Waals surface area contributed by atoms with Gasteiger partial charge < -0.3 is 15.8 Å². The molecular formula is C13H20N2O2. The van der Waals surface area contributed by atoms with E-state index in [4.69, 9.17) is 10.5 Å². The van der Waals surface area contributed by atoms with Crippen molar-refractivity contribution >= 4 is 5.91 Å². The minimum atomic E-state index is -0.511. The van der Waals surface area contributed by atoms with Gasteiger partial charge in [-0.15, -0.1) is 0 Å². The first-order valence-electron chi connectivity index (χ1n) is 5.76. The quantitative estimate of drug-likeness (QED) is 0.806. The van der Waals surface area contributed by atoms with Crippen LogP contribution < -0.4 is 15.8 Å². The van der Waals surface area contributed by atoms with Gasteiger partial charge in [0, 0.05) is 13.1 Å². The fraction of sp³-hybridized carbons (Fsp3) is 0.462. The number of hydrogen-bond acceptors (Lipinski definition) is 3. The van der Waals surface area contributed by atoms with E-state index in [0.29, 0.717) is 13.1 Å². The second-order valence-electron chi connectivity index (χ2n) is 4.11. The van der Waals surface area contributed by atoms with E-state index in [2.05, 4.69) is 5.32 Å². The zero-order valence-electron chi connectivity index (χ0n) is 10.6. The lowest BCUT2D eigenvalue weighted by Gasteiger charge is -2.16. The number of benzene rings is 1.